The van der Waals surface area contributed by atoms with Crippen LogP contribution in [0.2, 0.25) is 0 Å². The number of nitrogens with zero attached hydrogens (tertiary/aromatic N) is 2. The van der Waals surface area contributed by atoms with Crippen LogP contribution >= 0.6 is 11.3 Å². The quantitative estimate of drug-likeness (QED) is 0.177. The van der Waals surface area contributed by atoms with Crippen LogP contribution in [-0.4, -0.2) is 4.98 Å². The Labute approximate surface area is 292 Å². The number of benzene rings is 8. The lowest BCUT2D eigenvalue weighted by Crippen LogP contribution is -2.10. The molecule has 234 valence electrons. The number of thiophene rings is 1. The second-order valence-electron chi connectivity index (χ2n) is 13.2. The summed E-state index contributed by atoms with van der Waals surface area (Å²) in [6.07, 6.45) is 0.972. The average molecular weight is 657 g/mol. The molecule has 11 rings (SSSR count). The first-order chi connectivity index (χ1) is 24.7. The van der Waals surface area contributed by atoms with E-state index in [1.54, 1.807) is 0 Å². The number of hydrogen-bond acceptors (Lipinski definition) is 4. The molecule has 0 amide bonds. The molecule has 0 aliphatic heterocycles. The summed E-state index contributed by atoms with van der Waals surface area (Å²) in [7, 11) is 0. The maximum Gasteiger partial charge on any atom is 0.227 e. The molecule has 0 atom stereocenters. The molecule has 0 spiro atoms. The highest BCUT2D eigenvalue weighted by molar-refractivity contribution is 7.25. The average Bonchev–Trinajstić information content (AvgIpc) is 3.88. The van der Waals surface area contributed by atoms with E-state index < -0.39 is 0 Å². The van der Waals surface area contributed by atoms with Gasteiger partial charge in [0.2, 0.25) is 5.89 Å². The Hall–Kier alpha value is -6.23. The van der Waals surface area contributed by atoms with Gasteiger partial charge in [-0.15, -0.1) is 11.3 Å². The number of fused-ring (bicyclic) bond motifs is 11. The van der Waals surface area contributed by atoms with Crippen molar-refractivity contribution in [3.8, 4) is 22.6 Å². The van der Waals surface area contributed by atoms with Gasteiger partial charge in [0.25, 0.3) is 0 Å². The summed E-state index contributed by atoms with van der Waals surface area (Å²) in [5, 5.41) is 7.12. The van der Waals surface area contributed by atoms with Crippen molar-refractivity contribution < 1.29 is 4.42 Å². The van der Waals surface area contributed by atoms with Crippen LogP contribution in [0.15, 0.2) is 162 Å². The second kappa shape index (κ2) is 10.6. The Bertz CT molecular complexity index is 2970. The zero-order valence-electron chi connectivity index (χ0n) is 26.9. The van der Waals surface area contributed by atoms with E-state index in [1.807, 2.05) is 41.7 Å². The van der Waals surface area contributed by atoms with Gasteiger partial charge >= 0.3 is 0 Å². The van der Waals surface area contributed by atoms with E-state index in [0.29, 0.717) is 5.89 Å². The number of hydrogen-bond donors (Lipinski definition) is 0. The van der Waals surface area contributed by atoms with Gasteiger partial charge in [-0.2, -0.15) is 0 Å². The Kier molecular flexibility index (Phi) is 5.89. The highest BCUT2D eigenvalue weighted by Crippen LogP contribution is 2.45. The molecule has 8 aromatic carbocycles. The zero-order chi connectivity index (χ0) is 32.8. The van der Waals surface area contributed by atoms with Crippen LogP contribution in [0, 0.1) is 0 Å². The van der Waals surface area contributed by atoms with Crippen LogP contribution in [0.5, 0.6) is 0 Å². The van der Waals surface area contributed by atoms with Crippen LogP contribution in [0.1, 0.15) is 11.1 Å². The van der Waals surface area contributed by atoms with Crippen LogP contribution in [0.3, 0.4) is 0 Å². The highest BCUT2D eigenvalue weighted by Gasteiger charge is 2.22. The Morgan fingerprint density at radius 2 is 1.22 bits per heavy atom. The predicted octanol–water partition coefficient (Wildman–Crippen LogP) is 13.2. The molecule has 0 saturated carbocycles. The van der Waals surface area contributed by atoms with Crippen molar-refractivity contribution in [2.24, 2.45) is 0 Å². The van der Waals surface area contributed by atoms with E-state index in [1.165, 1.54) is 42.4 Å². The summed E-state index contributed by atoms with van der Waals surface area (Å²) < 4.78 is 9.17. The Morgan fingerprint density at radius 3 is 2.18 bits per heavy atom. The molecule has 10 aromatic rings. The minimum Gasteiger partial charge on any atom is -0.435 e. The first-order valence-electron chi connectivity index (χ1n) is 17.0. The molecule has 1 aliphatic carbocycles. The monoisotopic (exact) mass is 656 g/mol. The largest absolute Gasteiger partial charge is 0.435 e. The molecule has 3 nitrogen and oxygen atoms in total. The van der Waals surface area contributed by atoms with Crippen LogP contribution in [0.25, 0.3) is 75.4 Å². The topological polar surface area (TPSA) is 29.3 Å². The van der Waals surface area contributed by atoms with Crippen molar-refractivity contribution in [1.82, 2.24) is 4.98 Å². The fourth-order valence-corrected chi connectivity index (χ4v) is 9.04. The molecule has 50 heavy (non-hydrogen) atoms. The van der Waals surface area contributed by atoms with Gasteiger partial charge in [0.05, 0.1) is 0 Å². The number of oxazole rings is 1. The van der Waals surface area contributed by atoms with Crippen molar-refractivity contribution in [1.29, 1.82) is 0 Å². The molecule has 0 unspecified atom stereocenters. The standard InChI is InChI=1S/C46H28N2OS/c1-2-8-30(9-3-1)46-47-41-23-18-29-15-14-28-16-19-34(26-40(28)44(29)45(41)49-46)48(33-20-17-32-24-31-10-4-5-11-36(31)39(32)25-33)35-21-22-38-37-12-6-7-13-42(37)50-43(38)27-35/h1-23,25-27H,24H2. The van der Waals surface area contributed by atoms with Crippen molar-refractivity contribution >= 4 is 81.2 Å². The molecule has 4 heteroatoms. The molecule has 0 bridgehead atoms. The van der Waals surface area contributed by atoms with Gasteiger partial charge in [0.15, 0.2) is 5.58 Å². The van der Waals surface area contributed by atoms with E-state index in [4.69, 9.17) is 9.40 Å². The SMILES string of the molecule is c1ccc(-c2nc3ccc4ccc5ccc(N(c6ccc7c(c6)-c6ccccc6C7)c6ccc7c(c6)sc6ccccc67)cc5c4c3o2)cc1. The van der Waals surface area contributed by atoms with Crippen molar-refractivity contribution in [3.63, 3.8) is 0 Å². The third kappa shape index (κ3) is 4.19. The van der Waals surface area contributed by atoms with Crippen LogP contribution < -0.4 is 4.90 Å². The summed E-state index contributed by atoms with van der Waals surface area (Å²) in [4.78, 5) is 7.33. The second-order valence-corrected chi connectivity index (χ2v) is 14.2. The molecule has 0 saturated heterocycles. The normalized spacial score (nSPS) is 12.3. The summed E-state index contributed by atoms with van der Waals surface area (Å²) in [6.45, 7) is 0. The van der Waals surface area contributed by atoms with Gasteiger partial charge in [-0.1, -0.05) is 97.1 Å². The Balaban J connectivity index is 1.15. The lowest BCUT2D eigenvalue weighted by Gasteiger charge is -2.27. The molecular formula is C46H28N2OS. The fraction of sp³-hybridized carbons (Fsp3) is 0.0217. The zero-order valence-corrected chi connectivity index (χ0v) is 27.7. The van der Waals surface area contributed by atoms with E-state index in [9.17, 15) is 0 Å². The number of rotatable bonds is 4. The number of anilines is 3. The first kappa shape index (κ1) is 27.7. The molecule has 0 radical (unpaired) electrons. The summed E-state index contributed by atoms with van der Waals surface area (Å²) >= 11 is 1.85. The highest BCUT2D eigenvalue weighted by atomic mass is 32.1. The van der Waals surface area contributed by atoms with E-state index in [-0.39, 0.29) is 0 Å². The third-order valence-corrected chi connectivity index (χ3v) is 11.4. The smallest absolute Gasteiger partial charge is 0.227 e. The van der Waals surface area contributed by atoms with Gasteiger partial charge in [-0.05, 0) is 105 Å². The maximum absolute atomic E-state index is 6.58. The van der Waals surface area contributed by atoms with Gasteiger partial charge in [-0.3, -0.25) is 0 Å². The summed E-state index contributed by atoms with van der Waals surface area (Å²) in [5.74, 6) is 0.637. The van der Waals surface area contributed by atoms with Crippen molar-refractivity contribution in [2.45, 2.75) is 6.42 Å². The van der Waals surface area contributed by atoms with E-state index >= 15 is 0 Å². The Morgan fingerprint density at radius 1 is 0.520 bits per heavy atom. The molecular weight excluding hydrogens is 629 g/mol. The van der Waals surface area contributed by atoms with E-state index in [0.717, 1.165) is 61.7 Å². The summed E-state index contributed by atoms with van der Waals surface area (Å²) in [6, 6.07) is 57.0. The lowest BCUT2D eigenvalue weighted by molar-refractivity contribution is 0.623. The van der Waals surface area contributed by atoms with Crippen LogP contribution in [-0.2, 0) is 6.42 Å². The lowest BCUT2D eigenvalue weighted by atomic mass is 9.99. The van der Waals surface area contributed by atoms with Gasteiger partial charge in [-0.25, -0.2) is 4.98 Å². The van der Waals surface area contributed by atoms with Gasteiger partial charge in [0, 0.05) is 48.2 Å². The fourth-order valence-electron chi connectivity index (χ4n) is 7.90. The van der Waals surface area contributed by atoms with Gasteiger partial charge < -0.3 is 9.32 Å². The van der Waals surface area contributed by atoms with Gasteiger partial charge in [0.1, 0.15) is 5.52 Å². The predicted molar refractivity (Wildman–Crippen MR) is 210 cm³/mol. The molecule has 0 fully saturated rings. The molecule has 2 heterocycles. The first-order valence-corrected chi connectivity index (χ1v) is 17.8. The number of aromatic nitrogens is 1. The maximum atomic E-state index is 6.58. The third-order valence-electron chi connectivity index (χ3n) is 10.3. The molecule has 1 aliphatic rings. The summed E-state index contributed by atoms with van der Waals surface area (Å²) in [5.41, 5.74) is 11.4. The minimum absolute atomic E-state index is 0.637. The van der Waals surface area contributed by atoms with Crippen molar-refractivity contribution in [2.75, 3.05) is 4.90 Å². The van der Waals surface area contributed by atoms with E-state index in [2.05, 4.69) is 132 Å². The van der Waals surface area contributed by atoms with Crippen molar-refractivity contribution in [3.05, 3.63) is 169 Å². The molecule has 0 N–H and O–H groups in total. The minimum atomic E-state index is 0.637. The molecule has 2 aromatic heterocycles. The van der Waals surface area contributed by atoms with Crippen LogP contribution in [0.4, 0.5) is 17.1 Å².